The van der Waals surface area contributed by atoms with E-state index in [9.17, 15) is 4.79 Å². The topological polar surface area (TPSA) is 34.9 Å². The molecular formula is C11H9IN2O. The summed E-state index contributed by atoms with van der Waals surface area (Å²) in [5.74, 6) is 0. The first kappa shape index (κ1) is 10.4. The molecule has 0 aliphatic rings. The van der Waals surface area contributed by atoms with Crippen LogP contribution in [0, 0.1) is 10.5 Å². The van der Waals surface area contributed by atoms with Crippen molar-refractivity contribution in [2.75, 3.05) is 0 Å². The minimum Gasteiger partial charge on any atom is -0.267 e. The Morgan fingerprint density at radius 1 is 1.33 bits per heavy atom. The third-order valence-electron chi connectivity index (χ3n) is 2.01. The monoisotopic (exact) mass is 312 g/mol. The standard InChI is InChI=1S/C11H9IN2O/c1-8-3-2-4-10(5-8)14-11(15)6-9(12)7-13-14/h2-7H,1H3. The molecular weight excluding hydrogens is 303 g/mol. The zero-order valence-electron chi connectivity index (χ0n) is 8.14. The average molecular weight is 312 g/mol. The summed E-state index contributed by atoms with van der Waals surface area (Å²) in [6.45, 7) is 1.99. The van der Waals surface area contributed by atoms with E-state index >= 15 is 0 Å². The quantitative estimate of drug-likeness (QED) is 0.756. The van der Waals surface area contributed by atoms with Gasteiger partial charge in [-0.3, -0.25) is 4.79 Å². The number of aromatic nitrogens is 2. The Morgan fingerprint density at radius 2 is 2.13 bits per heavy atom. The van der Waals surface area contributed by atoms with E-state index in [-0.39, 0.29) is 5.56 Å². The lowest BCUT2D eigenvalue weighted by molar-refractivity contribution is 0.801. The molecule has 0 amide bonds. The largest absolute Gasteiger partial charge is 0.272 e. The van der Waals surface area contributed by atoms with Gasteiger partial charge in [-0.2, -0.15) is 9.78 Å². The minimum absolute atomic E-state index is 0.104. The molecule has 0 saturated carbocycles. The van der Waals surface area contributed by atoms with Gasteiger partial charge in [0.1, 0.15) is 0 Å². The van der Waals surface area contributed by atoms with Crippen LogP contribution in [0.3, 0.4) is 0 Å². The number of hydrogen-bond acceptors (Lipinski definition) is 2. The Labute approximate surface area is 101 Å². The van der Waals surface area contributed by atoms with E-state index in [0.29, 0.717) is 0 Å². The predicted octanol–water partition coefficient (Wildman–Crippen LogP) is 2.15. The van der Waals surface area contributed by atoms with Gasteiger partial charge >= 0.3 is 0 Å². The Kier molecular flexibility index (Phi) is 2.86. The zero-order valence-corrected chi connectivity index (χ0v) is 10.3. The first-order chi connectivity index (χ1) is 7.16. The zero-order chi connectivity index (χ0) is 10.8. The smallest absolute Gasteiger partial charge is 0.267 e. The molecule has 2 aromatic rings. The highest BCUT2D eigenvalue weighted by molar-refractivity contribution is 14.1. The van der Waals surface area contributed by atoms with Crippen molar-refractivity contribution in [1.29, 1.82) is 0 Å². The molecule has 3 nitrogen and oxygen atoms in total. The Bertz CT molecular complexity index is 548. The second kappa shape index (κ2) is 4.14. The fourth-order valence-corrected chi connectivity index (χ4v) is 1.73. The highest BCUT2D eigenvalue weighted by Crippen LogP contribution is 2.07. The maximum absolute atomic E-state index is 11.6. The summed E-state index contributed by atoms with van der Waals surface area (Å²) < 4.78 is 2.25. The van der Waals surface area contributed by atoms with Crippen molar-refractivity contribution < 1.29 is 0 Å². The highest BCUT2D eigenvalue weighted by atomic mass is 127. The highest BCUT2D eigenvalue weighted by Gasteiger charge is 2.00. The maximum Gasteiger partial charge on any atom is 0.272 e. The van der Waals surface area contributed by atoms with Crippen LogP contribution in [0.15, 0.2) is 41.3 Å². The number of aryl methyl sites for hydroxylation is 1. The van der Waals surface area contributed by atoms with Crippen molar-refractivity contribution in [2.45, 2.75) is 6.92 Å². The number of nitrogens with zero attached hydrogens (tertiary/aromatic N) is 2. The summed E-state index contributed by atoms with van der Waals surface area (Å²) in [7, 11) is 0. The first-order valence-electron chi connectivity index (χ1n) is 4.49. The van der Waals surface area contributed by atoms with Crippen molar-refractivity contribution in [2.24, 2.45) is 0 Å². The van der Waals surface area contributed by atoms with Crippen molar-refractivity contribution in [1.82, 2.24) is 9.78 Å². The van der Waals surface area contributed by atoms with Crippen LogP contribution in [0.25, 0.3) is 5.69 Å². The van der Waals surface area contributed by atoms with Gasteiger partial charge in [0.15, 0.2) is 0 Å². The Morgan fingerprint density at radius 3 is 2.80 bits per heavy atom. The lowest BCUT2D eigenvalue weighted by Crippen LogP contribution is -2.20. The van der Waals surface area contributed by atoms with E-state index in [4.69, 9.17) is 0 Å². The molecule has 0 saturated heterocycles. The molecule has 0 unspecified atom stereocenters. The van der Waals surface area contributed by atoms with Crippen molar-refractivity contribution in [3.63, 3.8) is 0 Å². The van der Waals surface area contributed by atoms with E-state index in [1.54, 1.807) is 12.3 Å². The molecule has 0 N–H and O–H groups in total. The first-order valence-corrected chi connectivity index (χ1v) is 5.56. The third-order valence-corrected chi connectivity index (χ3v) is 2.60. The molecule has 1 heterocycles. The van der Waals surface area contributed by atoms with Gasteiger partial charge in [-0.05, 0) is 47.2 Å². The Balaban J connectivity index is 2.59. The van der Waals surface area contributed by atoms with Crippen LogP contribution in [-0.2, 0) is 0 Å². The molecule has 0 atom stereocenters. The molecule has 0 aliphatic heterocycles. The molecule has 0 radical (unpaired) electrons. The molecule has 0 fully saturated rings. The SMILES string of the molecule is Cc1cccc(-n2ncc(I)cc2=O)c1. The number of halogens is 1. The lowest BCUT2D eigenvalue weighted by atomic mass is 10.2. The predicted molar refractivity (Wildman–Crippen MR) is 67.3 cm³/mol. The van der Waals surface area contributed by atoms with Crippen molar-refractivity contribution >= 4 is 22.6 Å². The van der Waals surface area contributed by atoms with Gasteiger partial charge in [0.2, 0.25) is 0 Å². The van der Waals surface area contributed by atoms with Gasteiger partial charge in [0, 0.05) is 9.64 Å². The second-order valence-electron chi connectivity index (χ2n) is 3.26. The van der Waals surface area contributed by atoms with Crippen LogP contribution in [0.4, 0.5) is 0 Å². The van der Waals surface area contributed by atoms with Crippen LogP contribution < -0.4 is 5.56 Å². The van der Waals surface area contributed by atoms with Crippen LogP contribution in [0.2, 0.25) is 0 Å². The van der Waals surface area contributed by atoms with Gasteiger partial charge in [-0.1, -0.05) is 12.1 Å². The van der Waals surface area contributed by atoms with E-state index in [0.717, 1.165) is 14.8 Å². The Hall–Kier alpha value is -1.17. The van der Waals surface area contributed by atoms with Crippen molar-refractivity contribution in [3.8, 4) is 5.69 Å². The van der Waals surface area contributed by atoms with Crippen LogP contribution >= 0.6 is 22.6 Å². The van der Waals surface area contributed by atoms with Gasteiger partial charge in [0.05, 0.1) is 11.9 Å². The summed E-state index contributed by atoms with van der Waals surface area (Å²) in [5, 5.41) is 4.09. The third kappa shape index (κ3) is 2.26. The van der Waals surface area contributed by atoms with Gasteiger partial charge in [-0.15, -0.1) is 0 Å². The molecule has 0 bridgehead atoms. The number of rotatable bonds is 1. The molecule has 1 aromatic heterocycles. The second-order valence-corrected chi connectivity index (χ2v) is 4.51. The number of hydrogen-bond donors (Lipinski definition) is 0. The van der Waals surface area contributed by atoms with E-state index in [1.807, 2.05) is 31.2 Å². The van der Waals surface area contributed by atoms with E-state index < -0.39 is 0 Å². The van der Waals surface area contributed by atoms with Crippen LogP contribution in [0.1, 0.15) is 5.56 Å². The van der Waals surface area contributed by atoms with Gasteiger partial charge < -0.3 is 0 Å². The van der Waals surface area contributed by atoms with Crippen LogP contribution in [0.5, 0.6) is 0 Å². The molecule has 4 heteroatoms. The fraction of sp³-hybridized carbons (Fsp3) is 0.0909. The fourth-order valence-electron chi connectivity index (χ4n) is 1.34. The molecule has 2 rings (SSSR count). The summed E-state index contributed by atoms with van der Waals surface area (Å²) in [4.78, 5) is 11.6. The van der Waals surface area contributed by atoms with Crippen molar-refractivity contribution in [3.05, 3.63) is 56.0 Å². The molecule has 76 valence electrons. The summed E-state index contributed by atoms with van der Waals surface area (Å²) >= 11 is 2.07. The average Bonchev–Trinajstić information content (AvgIpc) is 2.17. The maximum atomic E-state index is 11.6. The van der Waals surface area contributed by atoms with Gasteiger partial charge in [0.25, 0.3) is 5.56 Å². The normalized spacial score (nSPS) is 10.3. The lowest BCUT2D eigenvalue weighted by Gasteiger charge is -2.04. The van der Waals surface area contributed by atoms with Gasteiger partial charge in [-0.25, -0.2) is 0 Å². The molecule has 15 heavy (non-hydrogen) atoms. The minimum atomic E-state index is -0.104. The number of benzene rings is 1. The van der Waals surface area contributed by atoms with Crippen LogP contribution in [-0.4, -0.2) is 9.78 Å². The molecule has 0 spiro atoms. The summed E-state index contributed by atoms with van der Waals surface area (Å²) in [6.07, 6.45) is 1.67. The van der Waals surface area contributed by atoms with E-state index in [2.05, 4.69) is 27.7 Å². The summed E-state index contributed by atoms with van der Waals surface area (Å²) in [6, 6.07) is 9.27. The molecule has 0 aliphatic carbocycles. The summed E-state index contributed by atoms with van der Waals surface area (Å²) in [5.41, 5.74) is 1.81. The van der Waals surface area contributed by atoms with E-state index in [1.165, 1.54) is 4.68 Å². The molecule has 1 aromatic carbocycles.